The number of pyridine rings is 1. The van der Waals surface area contributed by atoms with E-state index in [1.165, 1.54) is 6.92 Å². The second-order valence-electron chi connectivity index (χ2n) is 7.06. The van der Waals surface area contributed by atoms with Crippen molar-refractivity contribution in [2.24, 2.45) is 10.7 Å². The number of halogens is 6. The van der Waals surface area contributed by atoms with E-state index in [1.807, 2.05) is 0 Å². The zero-order valence-corrected chi connectivity index (χ0v) is 17.5. The number of aromatic nitrogens is 1. The minimum atomic E-state index is -4.95. The van der Waals surface area contributed by atoms with Crippen LogP contribution in [0.2, 0.25) is 0 Å². The van der Waals surface area contributed by atoms with Crippen molar-refractivity contribution in [1.29, 1.82) is 0 Å². The fraction of sp³-hybridized carbons (Fsp3) is 0.350. The minimum absolute atomic E-state index is 0.0426. The second-order valence-corrected chi connectivity index (χ2v) is 7.06. The third kappa shape index (κ3) is 6.34. The van der Waals surface area contributed by atoms with Crippen LogP contribution in [0.5, 0.6) is 0 Å². The third-order valence-corrected chi connectivity index (χ3v) is 4.45. The van der Waals surface area contributed by atoms with E-state index in [2.05, 4.69) is 15.3 Å². The van der Waals surface area contributed by atoms with Gasteiger partial charge in [0.2, 0.25) is 5.84 Å². The van der Waals surface area contributed by atoms with Crippen molar-refractivity contribution in [2.75, 3.05) is 24.3 Å². The molecule has 2 rings (SSSR count). The number of aliphatic imine (C=N–C) groups is 1. The van der Waals surface area contributed by atoms with Crippen molar-refractivity contribution >= 4 is 23.1 Å². The second kappa shape index (κ2) is 10.1. The van der Waals surface area contributed by atoms with Gasteiger partial charge in [-0.05, 0) is 38.1 Å². The van der Waals surface area contributed by atoms with Crippen LogP contribution in [0.4, 0.5) is 37.7 Å². The number of carbonyl (C=O) groups excluding carboxylic acids is 1. The molecule has 0 aliphatic heterocycles. The van der Waals surface area contributed by atoms with E-state index in [-0.39, 0.29) is 29.2 Å². The number of rotatable bonds is 8. The Labute approximate surface area is 184 Å². The van der Waals surface area contributed by atoms with Gasteiger partial charge in [0.1, 0.15) is 11.4 Å². The van der Waals surface area contributed by atoms with E-state index < -0.39 is 47.9 Å². The van der Waals surface area contributed by atoms with Crippen molar-refractivity contribution in [3.05, 3.63) is 53.1 Å². The van der Waals surface area contributed by atoms with Crippen LogP contribution in [0, 0.1) is 5.82 Å². The molecule has 0 bridgehead atoms. The Morgan fingerprint density at radius 1 is 1.27 bits per heavy atom. The highest BCUT2D eigenvalue weighted by atomic mass is 19.4. The SMILES string of the molecule is CCOC[C@](C)(N=C(N)C(F)(F)F)c1cc(NC(=O)c2ncc(C(F)F)cc2N)ccc1F. The molecule has 33 heavy (non-hydrogen) atoms. The van der Waals surface area contributed by atoms with Gasteiger partial charge in [0.25, 0.3) is 12.3 Å². The Morgan fingerprint density at radius 2 is 1.94 bits per heavy atom. The molecule has 0 fully saturated rings. The van der Waals surface area contributed by atoms with Crippen LogP contribution in [0.1, 0.15) is 41.9 Å². The van der Waals surface area contributed by atoms with Gasteiger partial charge >= 0.3 is 6.18 Å². The van der Waals surface area contributed by atoms with Gasteiger partial charge in [0, 0.05) is 29.6 Å². The quantitative estimate of drug-likeness (QED) is 0.300. The number of hydrogen-bond donors (Lipinski definition) is 3. The number of hydrogen-bond acceptors (Lipinski definition) is 5. The number of nitrogens with zero attached hydrogens (tertiary/aromatic N) is 2. The van der Waals surface area contributed by atoms with E-state index in [4.69, 9.17) is 16.2 Å². The average Bonchev–Trinajstić information content (AvgIpc) is 2.72. The number of nitrogens with two attached hydrogens (primary N) is 2. The summed E-state index contributed by atoms with van der Waals surface area (Å²) < 4.78 is 84.2. The summed E-state index contributed by atoms with van der Waals surface area (Å²) in [4.78, 5) is 19.6. The highest BCUT2D eigenvalue weighted by molar-refractivity contribution is 6.06. The molecule has 1 aromatic heterocycles. The Hall–Kier alpha value is -3.35. The fourth-order valence-corrected chi connectivity index (χ4v) is 2.81. The summed E-state index contributed by atoms with van der Waals surface area (Å²) in [5.74, 6) is -3.52. The van der Waals surface area contributed by atoms with Gasteiger partial charge in [-0.2, -0.15) is 13.2 Å². The molecule has 0 radical (unpaired) electrons. The zero-order valence-electron chi connectivity index (χ0n) is 17.5. The highest BCUT2D eigenvalue weighted by Crippen LogP contribution is 2.32. The number of alkyl halides is 5. The highest BCUT2D eigenvalue weighted by Gasteiger charge is 2.38. The molecule has 0 unspecified atom stereocenters. The molecule has 0 saturated heterocycles. The van der Waals surface area contributed by atoms with Crippen LogP contribution >= 0.6 is 0 Å². The summed E-state index contributed by atoms with van der Waals surface area (Å²) in [5, 5.41) is 2.35. The molecule has 0 spiro atoms. The normalized spacial score (nSPS) is 14.3. The number of anilines is 2. The summed E-state index contributed by atoms with van der Waals surface area (Å²) >= 11 is 0. The van der Waals surface area contributed by atoms with Crippen LogP contribution in [0.25, 0.3) is 0 Å². The number of amidine groups is 1. The number of carbonyl (C=O) groups is 1. The lowest BCUT2D eigenvalue weighted by atomic mass is 9.92. The molecule has 5 N–H and O–H groups in total. The molecule has 180 valence electrons. The van der Waals surface area contributed by atoms with Crippen molar-refractivity contribution in [1.82, 2.24) is 4.98 Å². The monoisotopic (exact) mass is 477 g/mol. The number of nitrogens with one attached hydrogen (secondary N) is 1. The summed E-state index contributed by atoms with van der Waals surface area (Å²) in [7, 11) is 0. The van der Waals surface area contributed by atoms with Gasteiger partial charge in [0.05, 0.1) is 12.3 Å². The van der Waals surface area contributed by atoms with Crippen molar-refractivity contribution in [2.45, 2.75) is 32.0 Å². The lowest BCUT2D eigenvalue weighted by Crippen LogP contribution is -2.37. The topological polar surface area (TPSA) is 116 Å². The van der Waals surface area contributed by atoms with Crippen LogP contribution in [-0.2, 0) is 10.3 Å². The molecule has 0 aliphatic rings. The van der Waals surface area contributed by atoms with Crippen LogP contribution in [0.3, 0.4) is 0 Å². The molecule has 0 saturated carbocycles. The standard InChI is InChI=1S/C20H21F6N5O2/c1-3-33-9-19(2,31-18(28)20(24,25)26)12-7-11(4-5-13(12)21)30-17(32)15-14(27)6-10(8-29-15)16(22)23/h4-8,16H,3,9,27H2,1-2H3,(H2,28,31)(H,30,32)/t19-/m0/s1. The van der Waals surface area contributed by atoms with E-state index in [1.54, 1.807) is 6.92 Å². The molecular weight excluding hydrogens is 456 g/mol. The lowest BCUT2D eigenvalue weighted by Gasteiger charge is -2.27. The lowest BCUT2D eigenvalue weighted by molar-refractivity contribution is -0.0609. The number of ether oxygens (including phenoxy) is 1. The maximum atomic E-state index is 14.6. The first-order chi connectivity index (χ1) is 15.3. The summed E-state index contributed by atoms with van der Waals surface area (Å²) in [6.07, 6.45) is -7.02. The maximum Gasteiger partial charge on any atom is 0.448 e. The van der Waals surface area contributed by atoms with Crippen molar-refractivity contribution in [3.63, 3.8) is 0 Å². The summed E-state index contributed by atoms with van der Waals surface area (Å²) in [6, 6.07) is 3.99. The smallest absolute Gasteiger partial charge is 0.397 e. The minimum Gasteiger partial charge on any atom is -0.397 e. The van der Waals surface area contributed by atoms with Gasteiger partial charge in [-0.15, -0.1) is 0 Å². The fourth-order valence-electron chi connectivity index (χ4n) is 2.81. The van der Waals surface area contributed by atoms with Gasteiger partial charge in [-0.3, -0.25) is 9.79 Å². The average molecular weight is 477 g/mol. The van der Waals surface area contributed by atoms with Crippen LogP contribution in [-0.4, -0.2) is 36.1 Å². The third-order valence-electron chi connectivity index (χ3n) is 4.45. The molecule has 1 aromatic carbocycles. The Balaban J connectivity index is 2.43. The Kier molecular flexibility index (Phi) is 7.90. The number of nitrogen functional groups attached to an aromatic ring is 1. The van der Waals surface area contributed by atoms with Crippen molar-refractivity contribution in [3.8, 4) is 0 Å². The number of amides is 1. The molecular formula is C20H21F6N5O2. The first-order valence-electron chi connectivity index (χ1n) is 9.43. The Bertz CT molecular complexity index is 1040. The Morgan fingerprint density at radius 3 is 2.48 bits per heavy atom. The molecule has 2 aromatic rings. The van der Waals surface area contributed by atoms with E-state index in [9.17, 15) is 31.1 Å². The molecule has 7 nitrogen and oxygen atoms in total. The van der Waals surface area contributed by atoms with Gasteiger partial charge < -0.3 is 21.5 Å². The predicted molar refractivity (Wildman–Crippen MR) is 109 cm³/mol. The van der Waals surface area contributed by atoms with E-state index >= 15 is 0 Å². The molecule has 1 amide bonds. The van der Waals surface area contributed by atoms with Crippen LogP contribution in [0.15, 0.2) is 35.5 Å². The molecule has 13 heteroatoms. The first kappa shape index (κ1) is 25.9. The zero-order chi connectivity index (χ0) is 25.0. The van der Waals surface area contributed by atoms with Gasteiger partial charge in [0.15, 0.2) is 5.69 Å². The first-order valence-corrected chi connectivity index (χ1v) is 9.43. The van der Waals surface area contributed by atoms with E-state index in [0.717, 1.165) is 30.5 Å². The predicted octanol–water partition coefficient (Wildman–Crippen LogP) is 4.16. The van der Waals surface area contributed by atoms with Crippen LogP contribution < -0.4 is 16.8 Å². The van der Waals surface area contributed by atoms with Gasteiger partial charge in [-0.1, -0.05) is 0 Å². The molecule has 0 aliphatic carbocycles. The van der Waals surface area contributed by atoms with Crippen molar-refractivity contribution < 1.29 is 35.9 Å². The summed E-state index contributed by atoms with van der Waals surface area (Å²) in [5.41, 5.74) is 7.20. The largest absolute Gasteiger partial charge is 0.448 e. The van der Waals surface area contributed by atoms with E-state index in [0.29, 0.717) is 0 Å². The molecule has 1 atom stereocenters. The molecule has 1 heterocycles. The van der Waals surface area contributed by atoms with Gasteiger partial charge in [-0.25, -0.2) is 18.2 Å². The number of benzene rings is 1. The maximum absolute atomic E-state index is 14.6. The summed E-state index contributed by atoms with van der Waals surface area (Å²) in [6.45, 7) is 2.43.